The molecule has 5 aromatic rings. The fourth-order valence-corrected chi connectivity index (χ4v) is 4.84. The lowest BCUT2D eigenvalue weighted by atomic mass is 10.1. The Morgan fingerprint density at radius 2 is 1.89 bits per heavy atom. The van der Waals surface area contributed by atoms with Crippen LogP contribution in [0.1, 0.15) is 27.8 Å². The summed E-state index contributed by atoms with van der Waals surface area (Å²) < 4.78 is 12.3. The molecule has 0 radical (unpaired) electrons. The number of halogens is 1. The van der Waals surface area contributed by atoms with E-state index in [2.05, 4.69) is 26.3 Å². The van der Waals surface area contributed by atoms with Gasteiger partial charge < -0.3 is 14.5 Å². The van der Waals surface area contributed by atoms with Crippen LogP contribution in [0.4, 0.5) is 5.00 Å². The molecule has 9 nitrogen and oxygen atoms in total. The predicted molar refractivity (Wildman–Crippen MR) is 139 cm³/mol. The molecule has 0 atom stereocenters. The van der Waals surface area contributed by atoms with Crippen LogP contribution in [0.2, 0.25) is 0 Å². The summed E-state index contributed by atoms with van der Waals surface area (Å²) in [7, 11) is 0. The normalized spacial score (nSPS) is 11.1. The van der Waals surface area contributed by atoms with Gasteiger partial charge in [0.25, 0.3) is 11.5 Å². The molecular weight excluding hydrogens is 550 g/mol. The average Bonchev–Trinajstić information content (AvgIpc) is 3.28. The highest BCUT2D eigenvalue weighted by molar-refractivity contribution is 9.10. The van der Waals surface area contributed by atoms with Crippen LogP contribution in [0, 0.1) is 0 Å². The molecule has 36 heavy (non-hydrogen) atoms. The minimum atomic E-state index is -0.812. The molecule has 180 valence electrons. The van der Waals surface area contributed by atoms with Crippen LogP contribution >= 0.6 is 27.3 Å². The molecule has 5 rings (SSSR count). The van der Waals surface area contributed by atoms with Gasteiger partial charge in [0.15, 0.2) is 5.69 Å². The van der Waals surface area contributed by atoms with E-state index in [4.69, 9.17) is 9.15 Å². The molecule has 3 aromatic heterocycles. The van der Waals surface area contributed by atoms with E-state index in [1.165, 1.54) is 6.07 Å². The Morgan fingerprint density at radius 1 is 1.14 bits per heavy atom. The average molecular weight is 566 g/mol. The number of esters is 1. The number of thiophene rings is 1. The van der Waals surface area contributed by atoms with E-state index in [-0.39, 0.29) is 33.6 Å². The van der Waals surface area contributed by atoms with E-state index in [1.807, 2.05) is 0 Å². The Hall–Kier alpha value is -4.09. The smallest absolute Gasteiger partial charge is 0.359 e. The van der Waals surface area contributed by atoms with Crippen LogP contribution in [-0.4, -0.2) is 28.3 Å². The molecule has 1 amide bonds. The highest BCUT2D eigenvalue weighted by atomic mass is 79.9. The fourth-order valence-electron chi connectivity index (χ4n) is 3.64. The number of ether oxygens (including phenoxy) is 1. The van der Waals surface area contributed by atoms with Gasteiger partial charge in [0.2, 0.25) is 0 Å². The molecule has 0 aliphatic carbocycles. The van der Waals surface area contributed by atoms with Crippen molar-refractivity contribution in [3.63, 3.8) is 0 Å². The summed E-state index contributed by atoms with van der Waals surface area (Å²) in [5.41, 5.74) is -0.896. The summed E-state index contributed by atoms with van der Waals surface area (Å²) in [6.07, 6.45) is 0. The summed E-state index contributed by atoms with van der Waals surface area (Å²) in [5.74, 6) is -1.46. The minimum Gasteiger partial charge on any atom is -0.461 e. The molecule has 0 saturated heterocycles. The number of fused-ring (bicyclic) bond motifs is 2. The summed E-state index contributed by atoms with van der Waals surface area (Å²) in [4.78, 5) is 51.7. The lowest BCUT2D eigenvalue weighted by molar-refractivity contribution is 0.0520. The molecule has 11 heteroatoms. The number of nitrogens with zero attached hydrogens (tertiary/aromatic N) is 2. The van der Waals surface area contributed by atoms with Crippen molar-refractivity contribution in [2.75, 3.05) is 11.9 Å². The first-order valence-electron chi connectivity index (χ1n) is 10.7. The van der Waals surface area contributed by atoms with Crippen molar-refractivity contribution in [3.8, 4) is 5.69 Å². The van der Waals surface area contributed by atoms with Gasteiger partial charge in [-0.05, 0) is 43.3 Å². The third-order valence-corrected chi connectivity index (χ3v) is 6.73. The van der Waals surface area contributed by atoms with Crippen LogP contribution in [0.3, 0.4) is 0 Å². The molecule has 0 fully saturated rings. The van der Waals surface area contributed by atoms with Crippen LogP contribution in [-0.2, 0) is 4.74 Å². The van der Waals surface area contributed by atoms with Gasteiger partial charge in [0, 0.05) is 20.6 Å². The van der Waals surface area contributed by atoms with Gasteiger partial charge in [0.1, 0.15) is 16.1 Å². The molecule has 1 N–H and O–H groups in total. The maximum atomic E-state index is 13.5. The second-order valence-corrected chi connectivity index (χ2v) is 9.35. The summed E-state index contributed by atoms with van der Waals surface area (Å²) in [6, 6.07) is 15.0. The van der Waals surface area contributed by atoms with Gasteiger partial charge >= 0.3 is 11.6 Å². The molecule has 2 aromatic carbocycles. The van der Waals surface area contributed by atoms with E-state index >= 15 is 0 Å². The maximum Gasteiger partial charge on any atom is 0.359 e. The third kappa shape index (κ3) is 4.23. The number of hydrogen-bond acceptors (Lipinski definition) is 8. The number of carbonyl (C=O) groups is 2. The highest BCUT2D eigenvalue weighted by Crippen LogP contribution is 2.31. The molecule has 0 aliphatic heterocycles. The first kappa shape index (κ1) is 23.6. The Bertz CT molecular complexity index is 1770. The van der Waals surface area contributed by atoms with E-state index in [0.29, 0.717) is 16.7 Å². The standard InChI is InChI=1S/C25H16BrN3O6S/c1-2-34-25(33)20-17-12-36-22(19(17)23(31)29(28-20)15-9-7-14(26)8-10-15)27-21(30)16-11-13-5-3-4-6-18(13)35-24(16)32/h3-12H,2H2,1H3,(H,27,30). The number of nitrogens with one attached hydrogen (secondary N) is 1. The Balaban J connectivity index is 1.65. The van der Waals surface area contributed by atoms with Gasteiger partial charge in [-0.25, -0.2) is 9.59 Å². The van der Waals surface area contributed by atoms with E-state index in [9.17, 15) is 19.2 Å². The largest absolute Gasteiger partial charge is 0.461 e. The van der Waals surface area contributed by atoms with Crippen molar-refractivity contribution in [2.24, 2.45) is 0 Å². The molecule has 0 bridgehead atoms. The third-order valence-electron chi connectivity index (χ3n) is 5.31. The summed E-state index contributed by atoms with van der Waals surface area (Å²) in [6.45, 7) is 1.78. The number of benzene rings is 2. The molecule has 0 spiro atoms. The second-order valence-electron chi connectivity index (χ2n) is 7.56. The molecular formula is C25H16BrN3O6S. The Kier molecular flexibility index (Phi) is 6.25. The second kappa shape index (κ2) is 9.51. The van der Waals surface area contributed by atoms with Gasteiger partial charge in [-0.3, -0.25) is 9.59 Å². The number of amides is 1. The topological polar surface area (TPSA) is 120 Å². The summed E-state index contributed by atoms with van der Waals surface area (Å²) in [5, 5.41) is 9.47. The Morgan fingerprint density at radius 3 is 2.64 bits per heavy atom. The highest BCUT2D eigenvalue weighted by Gasteiger charge is 2.24. The summed E-state index contributed by atoms with van der Waals surface area (Å²) >= 11 is 4.38. The lowest BCUT2D eigenvalue weighted by Gasteiger charge is -2.10. The van der Waals surface area contributed by atoms with Gasteiger partial charge in [-0.2, -0.15) is 9.78 Å². The van der Waals surface area contributed by atoms with Gasteiger partial charge in [-0.1, -0.05) is 34.1 Å². The quantitative estimate of drug-likeness (QED) is 0.241. The maximum absolute atomic E-state index is 13.5. The van der Waals surface area contributed by atoms with Crippen molar-refractivity contribution in [1.29, 1.82) is 0 Å². The monoisotopic (exact) mass is 565 g/mol. The van der Waals surface area contributed by atoms with E-state index < -0.39 is 23.1 Å². The zero-order valence-electron chi connectivity index (χ0n) is 18.6. The SMILES string of the molecule is CCOC(=O)c1nn(-c2ccc(Br)cc2)c(=O)c2c(NC(=O)c3cc4ccccc4oc3=O)scc12. The lowest BCUT2D eigenvalue weighted by Crippen LogP contribution is -2.26. The number of aromatic nitrogens is 2. The number of para-hydroxylation sites is 1. The van der Waals surface area contributed by atoms with E-state index in [1.54, 1.807) is 60.8 Å². The van der Waals surface area contributed by atoms with Crippen molar-refractivity contribution in [1.82, 2.24) is 9.78 Å². The van der Waals surface area contributed by atoms with Crippen molar-refractivity contribution in [2.45, 2.75) is 6.92 Å². The minimum absolute atomic E-state index is 0.0690. The van der Waals surface area contributed by atoms with Crippen molar-refractivity contribution < 1.29 is 18.7 Å². The molecule has 0 saturated carbocycles. The number of carbonyl (C=O) groups excluding carboxylic acids is 2. The number of anilines is 1. The zero-order chi connectivity index (χ0) is 25.4. The zero-order valence-corrected chi connectivity index (χ0v) is 21.0. The first-order chi connectivity index (χ1) is 17.4. The number of hydrogen-bond donors (Lipinski definition) is 1. The van der Waals surface area contributed by atoms with Crippen molar-refractivity contribution in [3.05, 3.63) is 96.5 Å². The van der Waals surface area contributed by atoms with Crippen LogP contribution in [0.15, 0.2) is 78.5 Å². The first-order valence-corrected chi connectivity index (χ1v) is 12.4. The van der Waals surface area contributed by atoms with E-state index in [0.717, 1.165) is 20.5 Å². The predicted octanol–water partition coefficient (Wildman–Crippen LogP) is 4.75. The molecule has 0 unspecified atom stereocenters. The van der Waals surface area contributed by atoms with Gasteiger partial charge in [-0.15, -0.1) is 11.3 Å². The van der Waals surface area contributed by atoms with Crippen LogP contribution < -0.4 is 16.5 Å². The fraction of sp³-hybridized carbons (Fsp3) is 0.0800. The van der Waals surface area contributed by atoms with Crippen LogP contribution in [0.25, 0.3) is 27.4 Å². The number of rotatable bonds is 5. The molecule has 3 heterocycles. The van der Waals surface area contributed by atoms with Crippen LogP contribution in [0.5, 0.6) is 0 Å². The molecule has 0 aliphatic rings. The van der Waals surface area contributed by atoms with Gasteiger partial charge in [0.05, 0.1) is 17.7 Å². The Labute approximate surface area is 215 Å². The van der Waals surface area contributed by atoms with Crippen molar-refractivity contribution >= 4 is 65.9 Å².